The summed E-state index contributed by atoms with van der Waals surface area (Å²) < 4.78 is 0. The predicted octanol–water partition coefficient (Wildman–Crippen LogP) is -0.763. The van der Waals surface area contributed by atoms with E-state index >= 15 is 0 Å². The van der Waals surface area contributed by atoms with Crippen LogP contribution >= 0.6 is 11.6 Å². The van der Waals surface area contributed by atoms with Crippen molar-refractivity contribution in [3.63, 3.8) is 0 Å². The fourth-order valence-corrected chi connectivity index (χ4v) is 0.641. The third kappa shape index (κ3) is 7.07. The topological polar surface area (TPSA) is 95.5 Å². The first kappa shape index (κ1) is 11.7. The number of carboxylic acids is 1. The smallest absolute Gasteiger partial charge is 0.312 e. The maximum atomic E-state index is 10.7. The highest BCUT2D eigenvalue weighted by Gasteiger charge is 2.07. The quantitative estimate of drug-likeness (QED) is 0.321. The molecular formula is C6H9ClN2O4. The number of aliphatic carboxylic acids is 1. The molecule has 0 spiro atoms. The number of halogens is 1. The van der Waals surface area contributed by atoms with E-state index in [0.29, 0.717) is 0 Å². The summed E-state index contributed by atoms with van der Waals surface area (Å²) in [6.45, 7) is 0. The molecule has 2 amide bonds. The van der Waals surface area contributed by atoms with Crippen molar-refractivity contribution < 1.29 is 19.5 Å². The number of carbonyl (C=O) groups is 3. The van der Waals surface area contributed by atoms with E-state index in [-0.39, 0.29) is 12.3 Å². The van der Waals surface area contributed by atoms with E-state index in [2.05, 4.69) is 0 Å². The number of rotatable bonds is 4. The molecule has 0 saturated carbocycles. The van der Waals surface area contributed by atoms with Gasteiger partial charge in [-0.1, -0.05) is 0 Å². The van der Waals surface area contributed by atoms with Crippen molar-refractivity contribution in [3.05, 3.63) is 0 Å². The van der Waals surface area contributed by atoms with E-state index < -0.39 is 24.2 Å². The Morgan fingerprint density at radius 2 is 1.69 bits per heavy atom. The normalized spacial score (nSPS) is 9.00. The number of hydrogen-bond donors (Lipinski definition) is 3. The van der Waals surface area contributed by atoms with E-state index in [1.807, 2.05) is 10.9 Å². The maximum Gasteiger partial charge on any atom is 0.312 e. The van der Waals surface area contributed by atoms with Crippen LogP contribution in [0.4, 0.5) is 0 Å². The summed E-state index contributed by atoms with van der Waals surface area (Å²) in [5.41, 5.74) is 3.92. The first-order valence-electron chi connectivity index (χ1n) is 3.41. The minimum absolute atomic E-state index is 0.0644. The summed E-state index contributed by atoms with van der Waals surface area (Å²) in [5.74, 6) is -2.37. The molecule has 0 aromatic rings. The standard InChI is InChI=1S/C6H9ClN2O4/c7-2-1-4(10)8-9-5(11)3-6(12)13/h1-3H2,(H,8,10)(H,9,11)(H,12,13). The molecule has 0 saturated heterocycles. The minimum atomic E-state index is -1.26. The lowest BCUT2D eigenvalue weighted by molar-refractivity contribution is -0.141. The molecule has 0 heterocycles. The van der Waals surface area contributed by atoms with Gasteiger partial charge in [-0.05, 0) is 0 Å². The molecule has 0 aliphatic carbocycles. The number of amides is 2. The Hall–Kier alpha value is -1.30. The van der Waals surface area contributed by atoms with Crippen molar-refractivity contribution in [2.75, 3.05) is 5.88 Å². The fourth-order valence-electron chi connectivity index (χ4n) is 0.469. The Balaban J connectivity index is 3.58. The van der Waals surface area contributed by atoms with Crippen LogP contribution in [0.2, 0.25) is 0 Å². The van der Waals surface area contributed by atoms with Gasteiger partial charge >= 0.3 is 5.97 Å². The number of alkyl halides is 1. The van der Waals surface area contributed by atoms with Gasteiger partial charge in [-0.3, -0.25) is 25.2 Å². The maximum absolute atomic E-state index is 10.7. The van der Waals surface area contributed by atoms with Gasteiger partial charge in [0, 0.05) is 12.3 Å². The fraction of sp³-hybridized carbons (Fsp3) is 0.500. The zero-order chi connectivity index (χ0) is 10.3. The third-order valence-corrected chi connectivity index (χ3v) is 1.16. The van der Waals surface area contributed by atoms with Gasteiger partial charge in [0.25, 0.3) is 0 Å². The molecule has 0 rings (SSSR count). The Kier molecular flexibility index (Phi) is 5.62. The molecule has 0 aliphatic heterocycles. The lowest BCUT2D eigenvalue weighted by Crippen LogP contribution is -2.42. The Morgan fingerprint density at radius 1 is 1.15 bits per heavy atom. The molecule has 0 bridgehead atoms. The molecule has 0 aromatic carbocycles. The van der Waals surface area contributed by atoms with Crippen molar-refractivity contribution >= 4 is 29.4 Å². The Morgan fingerprint density at radius 3 is 2.15 bits per heavy atom. The molecule has 74 valence electrons. The largest absolute Gasteiger partial charge is 0.481 e. The monoisotopic (exact) mass is 208 g/mol. The van der Waals surface area contributed by atoms with E-state index in [1.54, 1.807) is 0 Å². The molecule has 6 nitrogen and oxygen atoms in total. The molecular weight excluding hydrogens is 200 g/mol. The van der Waals surface area contributed by atoms with Crippen LogP contribution in [0.1, 0.15) is 12.8 Å². The number of carbonyl (C=O) groups excluding carboxylic acids is 2. The van der Waals surface area contributed by atoms with Gasteiger partial charge in [0.2, 0.25) is 11.8 Å². The summed E-state index contributed by atoms with van der Waals surface area (Å²) in [6.07, 6.45) is -0.615. The van der Waals surface area contributed by atoms with Crippen molar-refractivity contribution in [2.45, 2.75) is 12.8 Å². The van der Waals surface area contributed by atoms with Crippen LogP contribution in [0, 0.1) is 0 Å². The molecule has 3 N–H and O–H groups in total. The average molecular weight is 209 g/mol. The summed E-state index contributed by atoms with van der Waals surface area (Å²) in [6, 6.07) is 0. The number of hydrazine groups is 1. The molecule has 13 heavy (non-hydrogen) atoms. The highest BCUT2D eigenvalue weighted by Crippen LogP contribution is 1.82. The predicted molar refractivity (Wildman–Crippen MR) is 43.9 cm³/mol. The van der Waals surface area contributed by atoms with Crippen LogP contribution in [0.3, 0.4) is 0 Å². The van der Waals surface area contributed by atoms with Gasteiger partial charge in [0.15, 0.2) is 0 Å². The molecule has 0 fully saturated rings. The van der Waals surface area contributed by atoms with Crippen LogP contribution in [-0.4, -0.2) is 28.8 Å². The van der Waals surface area contributed by atoms with Crippen LogP contribution in [0.5, 0.6) is 0 Å². The first-order chi connectivity index (χ1) is 6.06. The summed E-state index contributed by atoms with van der Waals surface area (Å²) in [5, 5.41) is 8.16. The summed E-state index contributed by atoms with van der Waals surface area (Å²) in [4.78, 5) is 31.3. The number of nitrogens with one attached hydrogen (secondary N) is 2. The van der Waals surface area contributed by atoms with Crippen molar-refractivity contribution in [1.29, 1.82) is 0 Å². The minimum Gasteiger partial charge on any atom is -0.481 e. The molecule has 0 aliphatic rings. The van der Waals surface area contributed by atoms with Crippen LogP contribution in [-0.2, 0) is 14.4 Å². The van der Waals surface area contributed by atoms with E-state index in [1.165, 1.54) is 0 Å². The second kappa shape index (κ2) is 6.24. The van der Waals surface area contributed by atoms with Gasteiger partial charge in [-0.25, -0.2) is 0 Å². The van der Waals surface area contributed by atoms with Gasteiger partial charge in [0.05, 0.1) is 0 Å². The highest BCUT2D eigenvalue weighted by molar-refractivity contribution is 6.18. The van der Waals surface area contributed by atoms with E-state index in [4.69, 9.17) is 16.7 Å². The van der Waals surface area contributed by atoms with Crippen molar-refractivity contribution in [1.82, 2.24) is 10.9 Å². The summed E-state index contributed by atoms with van der Waals surface area (Å²) >= 11 is 5.23. The third-order valence-electron chi connectivity index (χ3n) is 0.975. The van der Waals surface area contributed by atoms with Gasteiger partial charge in [-0.15, -0.1) is 11.6 Å². The second-order valence-corrected chi connectivity index (χ2v) is 2.48. The number of carboxylic acid groups (broad SMARTS) is 1. The van der Waals surface area contributed by atoms with Crippen LogP contribution in [0.15, 0.2) is 0 Å². The average Bonchev–Trinajstić information content (AvgIpc) is 2.00. The molecule has 7 heteroatoms. The Labute approximate surface area is 79.2 Å². The molecule has 0 unspecified atom stereocenters. The van der Waals surface area contributed by atoms with E-state index in [0.717, 1.165) is 0 Å². The summed E-state index contributed by atoms with van der Waals surface area (Å²) in [7, 11) is 0. The molecule has 0 aromatic heterocycles. The first-order valence-corrected chi connectivity index (χ1v) is 3.95. The van der Waals surface area contributed by atoms with Gasteiger partial charge in [0.1, 0.15) is 6.42 Å². The lowest BCUT2D eigenvalue weighted by Gasteiger charge is -2.03. The molecule has 0 radical (unpaired) electrons. The van der Waals surface area contributed by atoms with E-state index in [9.17, 15) is 14.4 Å². The highest BCUT2D eigenvalue weighted by atomic mass is 35.5. The van der Waals surface area contributed by atoms with Gasteiger partial charge < -0.3 is 5.11 Å². The van der Waals surface area contributed by atoms with Gasteiger partial charge in [-0.2, -0.15) is 0 Å². The van der Waals surface area contributed by atoms with Crippen molar-refractivity contribution in [2.24, 2.45) is 0 Å². The zero-order valence-electron chi connectivity index (χ0n) is 6.67. The SMILES string of the molecule is O=C(O)CC(=O)NNC(=O)CCCl. The van der Waals surface area contributed by atoms with Crippen LogP contribution in [0.25, 0.3) is 0 Å². The molecule has 0 atom stereocenters. The Bertz CT molecular complexity index is 219. The number of hydrogen-bond acceptors (Lipinski definition) is 3. The van der Waals surface area contributed by atoms with Crippen molar-refractivity contribution in [3.8, 4) is 0 Å². The second-order valence-electron chi connectivity index (χ2n) is 2.11. The zero-order valence-corrected chi connectivity index (χ0v) is 7.43. The van der Waals surface area contributed by atoms with Crippen LogP contribution < -0.4 is 10.9 Å². The lowest BCUT2D eigenvalue weighted by atomic mass is 10.4.